The van der Waals surface area contributed by atoms with Gasteiger partial charge in [0.2, 0.25) is 0 Å². The monoisotopic (exact) mass is 516 g/mol. The molecule has 0 N–H and O–H groups in total. The van der Waals surface area contributed by atoms with Gasteiger partial charge in [-0.05, 0) is 78.4 Å². The fraction of sp³-hybridized carbons (Fsp3) is 0.185. The molecule has 37 heavy (non-hydrogen) atoms. The number of allylic oxidation sites excluding steroid dienone is 1. The first-order valence-electron chi connectivity index (χ1n) is 11.7. The van der Waals surface area contributed by atoms with Gasteiger partial charge in [0.15, 0.2) is 0 Å². The number of halogens is 1. The van der Waals surface area contributed by atoms with Crippen molar-refractivity contribution in [2.75, 3.05) is 0 Å². The summed E-state index contributed by atoms with van der Waals surface area (Å²) in [6.07, 6.45) is 4.37. The Balaban J connectivity index is 1.55. The predicted octanol–water partition coefficient (Wildman–Crippen LogP) is 6.59. The summed E-state index contributed by atoms with van der Waals surface area (Å²) in [7, 11) is 0. The van der Waals surface area contributed by atoms with Gasteiger partial charge in [0.05, 0.1) is 21.6 Å². The zero-order valence-electron chi connectivity index (χ0n) is 19.5. The minimum atomic E-state index is -0.456. The van der Waals surface area contributed by atoms with Crippen molar-refractivity contribution in [2.24, 2.45) is 11.0 Å². The highest BCUT2D eigenvalue weighted by molar-refractivity contribution is 6.30. The highest BCUT2D eigenvalue weighted by Crippen LogP contribution is 2.45. The van der Waals surface area contributed by atoms with Crippen LogP contribution in [0.3, 0.4) is 0 Å². The lowest BCUT2D eigenvalue weighted by atomic mass is 9.77. The van der Waals surface area contributed by atoms with Gasteiger partial charge in [-0.3, -0.25) is 25.0 Å². The molecule has 9 nitrogen and oxygen atoms in total. The van der Waals surface area contributed by atoms with Crippen molar-refractivity contribution in [1.29, 1.82) is 0 Å². The van der Waals surface area contributed by atoms with Crippen LogP contribution in [0, 0.1) is 26.1 Å². The normalized spacial score (nSPS) is 19.9. The van der Waals surface area contributed by atoms with Crippen molar-refractivity contribution in [3.8, 4) is 0 Å². The molecule has 0 bridgehead atoms. The first-order chi connectivity index (χ1) is 17.8. The first-order valence-corrected chi connectivity index (χ1v) is 12.1. The number of hydrogen-bond acceptors (Lipinski definition) is 6. The topological polar surface area (TPSA) is 119 Å². The lowest BCUT2D eigenvalue weighted by Gasteiger charge is -2.29. The summed E-state index contributed by atoms with van der Waals surface area (Å²) in [6, 6.07) is 18.7. The molecule has 5 rings (SSSR count). The highest BCUT2D eigenvalue weighted by atomic mass is 35.5. The molecule has 1 fully saturated rings. The third-order valence-electron chi connectivity index (χ3n) is 6.69. The number of amides is 1. The summed E-state index contributed by atoms with van der Waals surface area (Å²) in [5.41, 5.74) is 3.73. The molecule has 0 saturated heterocycles. The van der Waals surface area contributed by atoms with Gasteiger partial charge in [0.25, 0.3) is 17.3 Å². The summed E-state index contributed by atoms with van der Waals surface area (Å²) >= 11 is 6.01. The van der Waals surface area contributed by atoms with Crippen molar-refractivity contribution in [1.82, 2.24) is 5.01 Å². The lowest BCUT2D eigenvalue weighted by molar-refractivity contribution is -0.385. The second kappa shape index (κ2) is 9.94. The second-order valence-corrected chi connectivity index (χ2v) is 9.39. The number of non-ortho nitro benzene ring substituents is 2. The maximum Gasteiger partial charge on any atom is 0.274 e. The summed E-state index contributed by atoms with van der Waals surface area (Å²) in [5.74, 6) is -0.396. The largest absolute Gasteiger partial charge is 0.274 e. The first kappa shape index (κ1) is 24.3. The van der Waals surface area contributed by atoms with E-state index in [1.807, 2.05) is 6.08 Å². The molecule has 1 aliphatic carbocycles. The highest BCUT2D eigenvalue weighted by Gasteiger charge is 2.44. The minimum Gasteiger partial charge on any atom is -0.267 e. The number of nitro benzene ring substituents is 2. The Kier molecular flexibility index (Phi) is 6.54. The molecule has 0 radical (unpaired) electrons. The SMILES string of the molecule is O=C(c1ccc(Cl)cc1)N1N=C2/C(=C/c3ccc([N+](=O)[O-])cc3)CCC[C@H]2[C@@H]1c1ccc([N+](=O)[O-])cc1. The van der Waals surface area contributed by atoms with Crippen LogP contribution in [0.15, 0.2) is 83.5 Å². The number of nitro groups is 2. The van der Waals surface area contributed by atoms with E-state index in [-0.39, 0.29) is 23.2 Å². The molecule has 0 aromatic heterocycles. The van der Waals surface area contributed by atoms with Gasteiger partial charge in [-0.2, -0.15) is 5.10 Å². The Morgan fingerprint density at radius 1 is 0.919 bits per heavy atom. The molecule has 1 aliphatic heterocycles. The van der Waals surface area contributed by atoms with Crippen LogP contribution in [0.5, 0.6) is 0 Å². The molecule has 186 valence electrons. The molecule has 3 aromatic carbocycles. The smallest absolute Gasteiger partial charge is 0.267 e. The fourth-order valence-corrected chi connectivity index (χ4v) is 5.04. The Morgan fingerprint density at radius 2 is 1.51 bits per heavy atom. The number of nitrogens with zero attached hydrogens (tertiary/aromatic N) is 4. The third kappa shape index (κ3) is 4.85. The van der Waals surface area contributed by atoms with Crippen LogP contribution in [-0.2, 0) is 0 Å². The summed E-state index contributed by atoms with van der Waals surface area (Å²) in [6.45, 7) is 0. The van der Waals surface area contributed by atoms with Crippen LogP contribution >= 0.6 is 11.6 Å². The number of benzene rings is 3. The average Bonchev–Trinajstić information content (AvgIpc) is 3.30. The number of fused-ring (bicyclic) bond motifs is 1. The third-order valence-corrected chi connectivity index (χ3v) is 6.94. The summed E-state index contributed by atoms with van der Waals surface area (Å²) < 4.78 is 0. The fourth-order valence-electron chi connectivity index (χ4n) is 4.91. The van der Waals surface area contributed by atoms with Crippen LogP contribution in [-0.4, -0.2) is 26.5 Å². The van der Waals surface area contributed by atoms with E-state index >= 15 is 0 Å². The van der Waals surface area contributed by atoms with Gasteiger partial charge in [-0.1, -0.05) is 23.7 Å². The number of carbonyl (C=O) groups is 1. The maximum atomic E-state index is 13.6. The second-order valence-electron chi connectivity index (χ2n) is 8.95. The van der Waals surface area contributed by atoms with E-state index in [4.69, 9.17) is 16.7 Å². The van der Waals surface area contributed by atoms with E-state index < -0.39 is 15.9 Å². The van der Waals surface area contributed by atoms with Gasteiger partial charge in [0.1, 0.15) is 0 Å². The van der Waals surface area contributed by atoms with Gasteiger partial charge in [-0.25, -0.2) is 5.01 Å². The van der Waals surface area contributed by atoms with Gasteiger partial charge in [0, 0.05) is 40.8 Å². The van der Waals surface area contributed by atoms with E-state index in [0.29, 0.717) is 10.6 Å². The van der Waals surface area contributed by atoms with Crippen LogP contribution in [0.25, 0.3) is 6.08 Å². The van der Waals surface area contributed by atoms with Crippen LogP contribution in [0.4, 0.5) is 11.4 Å². The minimum absolute atomic E-state index is 0.0137. The van der Waals surface area contributed by atoms with E-state index in [0.717, 1.165) is 41.7 Å². The number of rotatable bonds is 5. The number of hydrogen-bond donors (Lipinski definition) is 0. The Labute approximate surface area is 217 Å². The van der Waals surface area contributed by atoms with Gasteiger partial charge >= 0.3 is 0 Å². The van der Waals surface area contributed by atoms with Crippen molar-refractivity contribution < 1.29 is 14.6 Å². The van der Waals surface area contributed by atoms with Crippen LogP contribution in [0.1, 0.15) is 46.8 Å². The Morgan fingerprint density at radius 3 is 2.11 bits per heavy atom. The van der Waals surface area contributed by atoms with Crippen molar-refractivity contribution >= 4 is 40.7 Å². The molecule has 3 aromatic rings. The molecular weight excluding hydrogens is 496 g/mol. The molecule has 2 aliphatic rings. The zero-order chi connectivity index (χ0) is 26.1. The Hall–Kier alpha value is -4.37. The molecule has 2 atom stereocenters. The predicted molar refractivity (Wildman–Crippen MR) is 139 cm³/mol. The summed E-state index contributed by atoms with van der Waals surface area (Å²) in [5, 5.41) is 29.0. The number of carbonyl (C=O) groups excluding carboxylic acids is 1. The van der Waals surface area contributed by atoms with Crippen molar-refractivity contribution in [3.05, 3.63) is 120 Å². The molecule has 0 unspecified atom stereocenters. The van der Waals surface area contributed by atoms with Crippen LogP contribution in [0.2, 0.25) is 5.02 Å². The average molecular weight is 517 g/mol. The Bertz CT molecular complexity index is 1430. The van der Waals surface area contributed by atoms with Crippen LogP contribution < -0.4 is 0 Å². The van der Waals surface area contributed by atoms with E-state index in [9.17, 15) is 25.0 Å². The maximum absolute atomic E-state index is 13.6. The molecule has 1 amide bonds. The van der Waals surface area contributed by atoms with E-state index in [1.54, 1.807) is 48.5 Å². The van der Waals surface area contributed by atoms with Crippen molar-refractivity contribution in [2.45, 2.75) is 25.3 Å². The molecule has 10 heteroatoms. The molecule has 1 saturated carbocycles. The van der Waals surface area contributed by atoms with Gasteiger partial charge < -0.3 is 0 Å². The van der Waals surface area contributed by atoms with E-state index in [1.165, 1.54) is 29.3 Å². The standard InChI is InChI=1S/C27H21ClN4O5/c28-21-10-6-19(7-11-21)27(33)30-26(18-8-14-23(15-9-18)32(36)37)24-3-1-2-20(25(24)29-30)16-17-4-12-22(13-5-17)31(34)35/h4-16,24,26H,1-3H2/b20-16+/t24-,26+/m1/s1. The molecular formula is C27H21ClN4O5. The zero-order valence-corrected chi connectivity index (χ0v) is 20.2. The quantitative estimate of drug-likeness (QED) is 0.280. The van der Waals surface area contributed by atoms with Crippen molar-refractivity contribution in [3.63, 3.8) is 0 Å². The molecule has 0 spiro atoms. The summed E-state index contributed by atoms with van der Waals surface area (Å²) in [4.78, 5) is 34.9. The molecule has 1 heterocycles. The lowest BCUT2D eigenvalue weighted by Crippen LogP contribution is -2.31. The van der Waals surface area contributed by atoms with Gasteiger partial charge in [-0.15, -0.1) is 0 Å². The number of hydrazone groups is 1. The van der Waals surface area contributed by atoms with E-state index in [2.05, 4.69) is 0 Å².